The Bertz CT molecular complexity index is 486. The number of allylic oxidation sites excluding steroid dienone is 3. The SMILES string of the molecule is COC1=CCCC=C1c1ccccc1CCN(C)C. The maximum absolute atomic E-state index is 5.52. The first kappa shape index (κ1) is 13.9. The maximum atomic E-state index is 5.52. The molecule has 0 N–H and O–H groups in total. The molecular formula is C17H23NO. The Hall–Kier alpha value is -1.54. The third-order valence-corrected chi connectivity index (χ3v) is 3.47. The van der Waals surface area contributed by atoms with Crippen molar-refractivity contribution in [1.29, 1.82) is 0 Å². The molecule has 0 heterocycles. The van der Waals surface area contributed by atoms with E-state index in [1.807, 2.05) is 0 Å². The highest BCUT2D eigenvalue weighted by Gasteiger charge is 2.14. The molecular weight excluding hydrogens is 234 g/mol. The van der Waals surface area contributed by atoms with Gasteiger partial charge in [0, 0.05) is 12.1 Å². The van der Waals surface area contributed by atoms with E-state index in [1.54, 1.807) is 7.11 Å². The topological polar surface area (TPSA) is 12.5 Å². The lowest BCUT2D eigenvalue weighted by molar-refractivity contribution is 0.308. The third-order valence-electron chi connectivity index (χ3n) is 3.47. The van der Waals surface area contributed by atoms with Crippen molar-refractivity contribution in [2.45, 2.75) is 19.3 Å². The summed E-state index contributed by atoms with van der Waals surface area (Å²) in [5.74, 6) is 1.02. The molecule has 0 saturated carbocycles. The molecule has 2 nitrogen and oxygen atoms in total. The summed E-state index contributed by atoms with van der Waals surface area (Å²) in [7, 11) is 5.99. The highest BCUT2D eigenvalue weighted by molar-refractivity contribution is 5.79. The number of ether oxygens (including phenoxy) is 1. The summed E-state index contributed by atoms with van der Waals surface area (Å²) in [5, 5.41) is 0. The van der Waals surface area contributed by atoms with Gasteiger partial charge in [-0.15, -0.1) is 0 Å². The largest absolute Gasteiger partial charge is 0.496 e. The second kappa shape index (κ2) is 6.58. The highest BCUT2D eigenvalue weighted by Crippen LogP contribution is 2.31. The minimum Gasteiger partial charge on any atom is -0.496 e. The molecule has 0 fully saturated rings. The molecule has 1 aromatic carbocycles. The monoisotopic (exact) mass is 257 g/mol. The van der Waals surface area contributed by atoms with E-state index in [-0.39, 0.29) is 0 Å². The smallest absolute Gasteiger partial charge is 0.122 e. The molecule has 19 heavy (non-hydrogen) atoms. The molecule has 0 aliphatic heterocycles. The van der Waals surface area contributed by atoms with Crippen LogP contribution in [-0.4, -0.2) is 32.6 Å². The van der Waals surface area contributed by atoms with Crippen LogP contribution < -0.4 is 0 Å². The van der Waals surface area contributed by atoms with Crippen molar-refractivity contribution in [3.8, 4) is 0 Å². The van der Waals surface area contributed by atoms with E-state index in [9.17, 15) is 0 Å². The van der Waals surface area contributed by atoms with Gasteiger partial charge in [-0.1, -0.05) is 30.3 Å². The van der Waals surface area contributed by atoms with Gasteiger partial charge in [0.05, 0.1) is 7.11 Å². The lowest BCUT2D eigenvalue weighted by Gasteiger charge is -2.19. The predicted molar refractivity (Wildman–Crippen MR) is 81.0 cm³/mol. The van der Waals surface area contributed by atoms with E-state index in [1.165, 1.54) is 16.7 Å². The van der Waals surface area contributed by atoms with Crippen LogP contribution >= 0.6 is 0 Å². The van der Waals surface area contributed by atoms with Crippen LogP contribution in [0.1, 0.15) is 24.0 Å². The average molecular weight is 257 g/mol. The van der Waals surface area contributed by atoms with Gasteiger partial charge in [-0.3, -0.25) is 0 Å². The number of hydrogen-bond donors (Lipinski definition) is 0. The van der Waals surface area contributed by atoms with Gasteiger partial charge in [0.2, 0.25) is 0 Å². The molecule has 0 amide bonds. The third kappa shape index (κ3) is 3.48. The van der Waals surface area contributed by atoms with Crippen LogP contribution in [0.4, 0.5) is 0 Å². The molecule has 0 radical (unpaired) electrons. The molecule has 1 aromatic rings. The van der Waals surface area contributed by atoms with E-state index in [2.05, 4.69) is 55.4 Å². The number of nitrogens with zero attached hydrogens (tertiary/aromatic N) is 1. The van der Waals surface area contributed by atoms with E-state index < -0.39 is 0 Å². The minimum absolute atomic E-state index is 1.02. The van der Waals surface area contributed by atoms with Gasteiger partial charge in [-0.25, -0.2) is 0 Å². The molecule has 1 aliphatic rings. The zero-order valence-corrected chi connectivity index (χ0v) is 12.1. The Morgan fingerprint density at radius 1 is 1.11 bits per heavy atom. The highest BCUT2D eigenvalue weighted by atomic mass is 16.5. The summed E-state index contributed by atoms with van der Waals surface area (Å²) in [5.41, 5.74) is 3.97. The predicted octanol–water partition coefficient (Wildman–Crippen LogP) is 3.50. The van der Waals surface area contributed by atoms with Gasteiger partial charge in [-0.05, 0) is 50.6 Å². The first-order valence-corrected chi connectivity index (χ1v) is 6.90. The van der Waals surface area contributed by atoms with E-state index in [0.29, 0.717) is 0 Å². The summed E-state index contributed by atoms with van der Waals surface area (Å²) < 4.78 is 5.52. The first-order chi connectivity index (χ1) is 9.22. The molecule has 0 atom stereocenters. The van der Waals surface area contributed by atoms with Crippen molar-refractivity contribution in [3.05, 3.63) is 53.3 Å². The lowest BCUT2D eigenvalue weighted by Crippen LogP contribution is -2.16. The van der Waals surface area contributed by atoms with Gasteiger partial charge in [0.25, 0.3) is 0 Å². The number of likely N-dealkylation sites (N-methyl/N-ethyl adjacent to an activating group) is 1. The summed E-state index contributed by atoms with van der Waals surface area (Å²) >= 11 is 0. The van der Waals surface area contributed by atoms with Crippen LogP contribution in [0.15, 0.2) is 42.2 Å². The van der Waals surface area contributed by atoms with Crippen LogP contribution in [0, 0.1) is 0 Å². The molecule has 102 valence electrons. The molecule has 1 aliphatic carbocycles. The fraction of sp³-hybridized carbons (Fsp3) is 0.412. The summed E-state index contributed by atoms with van der Waals surface area (Å²) in [6.07, 6.45) is 7.74. The Labute approximate surface area is 116 Å². The van der Waals surface area contributed by atoms with Crippen LogP contribution in [-0.2, 0) is 11.2 Å². The number of rotatable bonds is 5. The van der Waals surface area contributed by atoms with E-state index >= 15 is 0 Å². The standard InChI is InChI=1S/C17H23NO/c1-18(2)13-12-14-8-4-5-9-15(14)16-10-6-7-11-17(16)19-3/h4-5,8-11H,6-7,12-13H2,1-3H3. The Kier molecular flexibility index (Phi) is 4.80. The molecule has 0 aromatic heterocycles. The van der Waals surface area contributed by atoms with Crippen molar-refractivity contribution in [2.75, 3.05) is 27.7 Å². The van der Waals surface area contributed by atoms with Crippen LogP contribution in [0.3, 0.4) is 0 Å². The van der Waals surface area contributed by atoms with Crippen molar-refractivity contribution < 1.29 is 4.74 Å². The van der Waals surface area contributed by atoms with E-state index in [0.717, 1.165) is 31.6 Å². The second-order valence-corrected chi connectivity index (χ2v) is 5.18. The lowest BCUT2D eigenvalue weighted by atomic mass is 9.92. The molecule has 0 unspecified atom stereocenters. The molecule has 0 saturated heterocycles. The molecule has 0 bridgehead atoms. The van der Waals surface area contributed by atoms with Gasteiger partial charge in [0.1, 0.15) is 5.76 Å². The second-order valence-electron chi connectivity index (χ2n) is 5.18. The Balaban J connectivity index is 2.29. The zero-order valence-electron chi connectivity index (χ0n) is 12.1. The first-order valence-electron chi connectivity index (χ1n) is 6.90. The van der Waals surface area contributed by atoms with Crippen molar-refractivity contribution in [2.24, 2.45) is 0 Å². The Morgan fingerprint density at radius 3 is 2.58 bits per heavy atom. The van der Waals surface area contributed by atoms with Gasteiger partial charge >= 0.3 is 0 Å². The van der Waals surface area contributed by atoms with Crippen molar-refractivity contribution >= 4 is 5.57 Å². The normalized spacial score (nSPS) is 15.2. The summed E-state index contributed by atoms with van der Waals surface area (Å²) in [6.45, 7) is 1.07. The van der Waals surface area contributed by atoms with Crippen molar-refractivity contribution in [1.82, 2.24) is 4.90 Å². The van der Waals surface area contributed by atoms with E-state index in [4.69, 9.17) is 4.74 Å². The van der Waals surface area contributed by atoms with Crippen molar-refractivity contribution in [3.63, 3.8) is 0 Å². The number of hydrogen-bond acceptors (Lipinski definition) is 2. The Morgan fingerprint density at radius 2 is 1.84 bits per heavy atom. The van der Waals surface area contributed by atoms with Crippen LogP contribution in [0.5, 0.6) is 0 Å². The van der Waals surface area contributed by atoms with Crippen LogP contribution in [0.25, 0.3) is 5.57 Å². The fourth-order valence-electron chi connectivity index (χ4n) is 2.43. The number of benzene rings is 1. The average Bonchev–Trinajstić information content (AvgIpc) is 2.45. The number of methoxy groups -OCH3 is 1. The summed E-state index contributed by atoms with van der Waals surface area (Å²) in [6, 6.07) is 8.65. The van der Waals surface area contributed by atoms with Gasteiger partial charge in [-0.2, -0.15) is 0 Å². The zero-order chi connectivity index (χ0) is 13.7. The van der Waals surface area contributed by atoms with Gasteiger partial charge < -0.3 is 9.64 Å². The minimum atomic E-state index is 1.02. The molecule has 2 rings (SSSR count). The summed E-state index contributed by atoms with van der Waals surface area (Å²) in [4.78, 5) is 2.22. The quantitative estimate of drug-likeness (QED) is 0.800. The fourth-order valence-corrected chi connectivity index (χ4v) is 2.43. The molecule has 2 heteroatoms. The van der Waals surface area contributed by atoms with Crippen LogP contribution in [0.2, 0.25) is 0 Å². The maximum Gasteiger partial charge on any atom is 0.122 e. The molecule has 0 spiro atoms. The van der Waals surface area contributed by atoms with Gasteiger partial charge in [0.15, 0.2) is 0 Å².